The number of amides is 2. The van der Waals surface area contributed by atoms with E-state index >= 15 is 0 Å². The minimum absolute atomic E-state index is 0.0613. The molecule has 1 spiro atoms. The zero-order valence-corrected chi connectivity index (χ0v) is 17.7. The fourth-order valence-corrected chi connectivity index (χ4v) is 5.16. The number of rotatable bonds is 3. The van der Waals surface area contributed by atoms with Crippen molar-refractivity contribution < 1.29 is 19.1 Å². The van der Waals surface area contributed by atoms with E-state index in [4.69, 9.17) is 9.47 Å². The fourth-order valence-electron chi connectivity index (χ4n) is 5.16. The predicted octanol–water partition coefficient (Wildman–Crippen LogP) is 2.53. The maximum absolute atomic E-state index is 14.0. The van der Waals surface area contributed by atoms with E-state index in [1.807, 2.05) is 23.1 Å². The summed E-state index contributed by atoms with van der Waals surface area (Å²) in [4.78, 5) is 29.9. The lowest BCUT2D eigenvalue weighted by atomic mass is 9.71. The minimum Gasteiger partial charge on any atom is -0.381 e. The minimum atomic E-state index is -0.591. The van der Waals surface area contributed by atoms with Gasteiger partial charge < -0.3 is 19.3 Å². The van der Waals surface area contributed by atoms with Crippen LogP contribution in [-0.4, -0.2) is 73.2 Å². The Hall–Kier alpha value is -2.18. The number of ether oxygens (including phenoxy) is 2. The van der Waals surface area contributed by atoms with Crippen LogP contribution >= 0.6 is 0 Å². The summed E-state index contributed by atoms with van der Waals surface area (Å²) in [6.07, 6.45) is 5.28. The van der Waals surface area contributed by atoms with Gasteiger partial charge in [-0.05, 0) is 43.7 Å². The lowest BCUT2D eigenvalue weighted by molar-refractivity contribution is -0.141. The van der Waals surface area contributed by atoms with Crippen LogP contribution in [-0.2, 0) is 24.5 Å². The van der Waals surface area contributed by atoms with Crippen molar-refractivity contribution >= 4 is 11.8 Å². The highest BCUT2D eigenvalue weighted by molar-refractivity contribution is 5.90. The van der Waals surface area contributed by atoms with Crippen LogP contribution < -0.4 is 0 Å². The molecule has 2 amide bonds. The molecule has 3 fully saturated rings. The average Bonchev–Trinajstić information content (AvgIpc) is 3.01. The van der Waals surface area contributed by atoms with Gasteiger partial charge in [0.25, 0.3) is 0 Å². The lowest BCUT2D eigenvalue weighted by Gasteiger charge is -2.43. The Balaban J connectivity index is 1.55. The largest absolute Gasteiger partial charge is 0.381 e. The second-order valence-corrected chi connectivity index (χ2v) is 8.66. The molecular formula is C24H32N2O4. The van der Waals surface area contributed by atoms with Crippen molar-refractivity contribution in [2.45, 2.75) is 43.1 Å². The monoisotopic (exact) mass is 412 g/mol. The van der Waals surface area contributed by atoms with Gasteiger partial charge in [-0.3, -0.25) is 9.59 Å². The molecule has 0 aliphatic carbocycles. The van der Waals surface area contributed by atoms with Crippen LogP contribution in [0.2, 0.25) is 0 Å². The van der Waals surface area contributed by atoms with Crippen LogP contribution in [0.5, 0.6) is 0 Å². The van der Waals surface area contributed by atoms with Crippen molar-refractivity contribution in [1.29, 1.82) is 0 Å². The highest BCUT2D eigenvalue weighted by atomic mass is 16.5. The number of piperidine rings is 1. The molecule has 0 saturated carbocycles. The van der Waals surface area contributed by atoms with Crippen LogP contribution in [0.15, 0.2) is 43.0 Å². The molecule has 3 aliphatic heterocycles. The molecule has 3 saturated heterocycles. The van der Waals surface area contributed by atoms with Crippen molar-refractivity contribution in [1.82, 2.24) is 9.80 Å². The summed E-state index contributed by atoms with van der Waals surface area (Å²) in [7, 11) is 0. The van der Waals surface area contributed by atoms with Gasteiger partial charge in [-0.1, -0.05) is 36.9 Å². The first kappa shape index (κ1) is 21.1. The Morgan fingerprint density at radius 2 is 1.53 bits per heavy atom. The van der Waals surface area contributed by atoms with Gasteiger partial charge in [0.05, 0.1) is 17.6 Å². The quantitative estimate of drug-likeness (QED) is 0.716. The number of carbonyl (C=O) groups excluding carboxylic acids is 2. The van der Waals surface area contributed by atoms with Gasteiger partial charge in [-0.2, -0.15) is 0 Å². The molecule has 0 atom stereocenters. The molecule has 0 aromatic heterocycles. The molecule has 6 nitrogen and oxygen atoms in total. The Bertz CT molecular complexity index is 765. The molecule has 6 heteroatoms. The Morgan fingerprint density at radius 1 is 0.867 bits per heavy atom. The first-order valence-corrected chi connectivity index (χ1v) is 11.1. The summed E-state index contributed by atoms with van der Waals surface area (Å²) in [5, 5.41) is 0. The Labute approximate surface area is 178 Å². The van der Waals surface area contributed by atoms with Crippen molar-refractivity contribution in [3.8, 4) is 0 Å². The van der Waals surface area contributed by atoms with Crippen molar-refractivity contribution in [2.75, 3.05) is 46.0 Å². The van der Waals surface area contributed by atoms with Gasteiger partial charge in [0, 0.05) is 39.4 Å². The average molecular weight is 413 g/mol. The summed E-state index contributed by atoms with van der Waals surface area (Å²) < 4.78 is 11.8. The smallest absolute Gasteiger partial charge is 0.245 e. The number of carbonyl (C=O) groups is 2. The Kier molecular flexibility index (Phi) is 6.25. The van der Waals surface area contributed by atoms with Gasteiger partial charge in [0.2, 0.25) is 11.8 Å². The maximum Gasteiger partial charge on any atom is 0.245 e. The van der Waals surface area contributed by atoms with Gasteiger partial charge >= 0.3 is 0 Å². The summed E-state index contributed by atoms with van der Waals surface area (Å²) in [6, 6.07) is 10.1. The highest BCUT2D eigenvalue weighted by Gasteiger charge is 2.46. The van der Waals surface area contributed by atoms with E-state index in [2.05, 4.69) is 18.7 Å². The van der Waals surface area contributed by atoms with Crippen LogP contribution in [0.1, 0.15) is 37.7 Å². The number of hydrogen-bond acceptors (Lipinski definition) is 4. The van der Waals surface area contributed by atoms with E-state index in [-0.39, 0.29) is 17.4 Å². The fraction of sp³-hybridized carbons (Fsp3) is 0.583. The van der Waals surface area contributed by atoms with Crippen molar-refractivity contribution in [2.24, 2.45) is 0 Å². The van der Waals surface area contributed by atoms with Crippen LogP contribution in [0.25, 0.3) is 0 Å². The van der Waals surface area contributed by atoms with E-state index in [1.165, 1.54) is 6.08 Å². The first-order chi connectivity index (χ1) is 14.6. The first-order valence-electron chi connectivity index (χ1n) is 11.1. The third-order valence-electron chi connectivity index (χ3n) is 7.14. The molecule has 30 heavy (non-hydrogen) atoms. The van der Waals surface area contributed by atoms with Crippen molar-refractivity contribution in [3.63, 3.8) is 0 Å². The molecule has 0 radical (unpaired) electrons. The zero-order valence-electron chi connectivity index (χ0n) is 17.7. The summed E-state index contributed by atoms with van der Waals surface area (Å²) in [6.45, 7) is 8.09. The van der Waals surface area contributed by atoms with Gasteiger partial charge in [-0.15, -0.1) is 0 Å². The normalized spacial score (nSPS) is 23.6. The van der Waals surface area contributed by atoms with E-state index in [9.17, 15) is 9.59 Å². The van der Waals surface area contributed by atoms with Crippen LogP contribution in [0, 0.1) is 0 Å². The zero-order chi connectivity index (χ0) is 21.0. The standard InChI is InChI=1S/C24H32N2O4/c1-2-21(27)25-14-9-24(10-15-25,20-6-4-3-5-7-20)22(28)26-13-8-23(30-19-16-26)11-17-29-18-12-23/h2-7H,1,8-19H2. The second kappa shape index (κ2) is 8.90. The van der Waals surface area contributed by atoms with E-state index < -0.39 is 5.41 Å². The SMILES string of the molecule is C=CC(=O)N1CCC(C(=O)N2CCOC3(CCOCC3)CC2)(c2ccccc2)CC1. The van der Waals surface area contributed by atoms with Crippen molar-refractivity contribution in [3.05, 3.63) is 48.6 Å². The molecule has 1 aromatic rings. The van der Waals surface area contributed by atoms with Gasteiger partial charge in [-0.25, -0.2) is 0 Å². The second-order valence-electron chi connectivity index (χ2n) is 8.66. The molecule has 162 valence electrons. The third-order valence-corrected chi connectivity index (χ3v) is 7.14. The number of likely N-dealkylation sites (tertiary alicyclic amines) is 1. The lowest BCUT2D eigenvalue weighted by Crippen LogP contribution is -2.54. The third kappa shape index (κ3) is 4.03. The molecule has 1 aromatic carbocycles. The number of benzene rings is 1. The van der Waals surface area contributed by atoms with Gasteiger partial charge in [0.15, 0.2) is 0 Å². The van der Waals surface area contributed by atoms with Crippen LogP contribution in [0.3, 0.4) is 0 Å². The number of nitrogens with zero attached hydrogens (tertiary/aromatic N) is 2. The topological polar surface area (TPSA) is 59.1 Å². The molecule has 0 bridgehead atoms. The summed E-state index contributed by atoms with van der Waals surface area (Å²) in [5.74, 6) is 0.112. The number of hydrogen-bond donors (Lipinski definition) is 0. The van der Waals surface area contributed by atoms with E-state index in [1.54, 1.807) is 4.90 Å². The molecule has 3 heterocycles. The highest BCUT2D eigenvalue weighted by Crippen LogP contribution is 2.39. The summed E-state index contributed by atoms with van der Waals surface area (Å²) in [5.41, 5.74) is 0.311. The predicted molar refractivity (Wildman–Crippen MR) is 114 cm³/mol. The molecule has 4 rings (SSSR count). The molecule has 3 aliphatic rings. The maximum atomic E-state index is 14.0. The summed E-state index contributed by atoms with van der Waals surface area (Å²) >= 11 is 0. The Morgan fingerprint density at radius 3 is 2.20 bits per heavy atom. The van der Waals surface area contributed by atoms with E-state index in [0.29, 0.717) is 45.6 Å². The van der Waals surface area contributed by atoms with E-state index in [0.717, 1.165) is 38.0 Å². The molecule has 0 unspecified atom stereocenters. The molecular weight excluding hydrogens is 380 g/mol. The van der Waals surface area contributed by atoms with Gasteiger partial charge in [0.1, 0.15) is 0 Å². The molecule has 0 N–H and O–H groups in total. The van der Waals surface area contributed by atoms with Crippen LogP contribution in [0.4, 0.5) is 0 Å².